The van der Waals surface area contributed by atoms with Crippen LogP contribution in [0.4, 0.5) is 11.6 Å². The average molecular weight is 319 g/mol. The van der Waals surface area contributed by atoms with E-state index in [0.717, 1.165) is 11.3 Å². The molecule has 6 heteroatoms. The zero-order valence-corrected chi connectivity index (χ0v) is 13.2. The predicted molar refractivity (Wildman–Crippen MR) is 92.7 cm³/mol. The van der Waals surface area contributed by atoms with E-state index < -0.39 is 0 Å². The quantitative estimate of drug-likeness (QED) is 0.755. The number of nitrogens with one attached hydrogen (secondary N) is 2. The molecule has 0 saturated carbocycles. The molecular formula is C18H17N5O. The minimum absolute atomic E-state index is 0.198. The fourth-order valence-electron chi connectivity index (χ4n) is 2.19. The molecule has 2 aromatic heterocycles. The van der Waals surface area contributed by atoms with Crippen LogP contribution in [0, 0.1) is 6.92 Å². The van der Waals surface area contributed by atoms with E-state index in [0.29, 0.717) is 23.7 Å². The number of aryl methyl sites for hydroxylation is 1. The number of carbonyl (C=O) groups is 1. The summed E-state index contributed by atoms with van der Waals surface area (Å²) in [6.07, 6.45) is 1.74. The Labute approximate surface area is 140 Å². The second kappa shape index (κ2) is 7.32. The molecule has 2 N–H and O–H groups in total. The summed E-state index contributed by atoms with van der Waals surface area (Å²) >= 11 is 0. The van der Waals surface area contributed by atoms with E-state index in [1.54, 1.807) is 24.4 Å². The second-order valence-electron chi connectivity index (χ2n) is 5.25. The minimum Gasteiger partial charge on any atom is -0.363 e. The molecule has 0 spiro atoms. The highest BCUT2D eigenvalue weighted by Gasteiger charge is 2.09. The van der Waals surface area contributed by atoms with Crippen LogP contribution in [0.5, 0.6) is 0 Å². The molecule has 3 rings (SSSR count). The topological polar surface area (TPSA) is 79.8 Å². The Balaban J connectivity index is 1.60. The van der Waals surface area contributed by atoms with Crippen LogP contribution in [-0.4, -0.2) is 21.1 Å². The van der Waals surface area contributed by atoms with Crippen molar-refractivity contribution in [3.63, 3.8) is 0 Å². The van der Waals surface area contributed by atoms with Crippen LogP contribution in [0.25, 0.3) is 0 Å². The molecule has 0 saturated heterocycles. The molecule has 0 radical (unpaired) electrons. The second-order valence-corrected chi connectivity index (χ2v) is 5.25. The summed E-state index contributed by atoms with van der Waals surface area (Å²) < 4.78 is 0. The Morgan fingerprint density at radius 3 is 2.42 bits per heavy atom. The Hall–Kier alpha value is -3.28. The molecule has 6 nitrogen and oxygen atoms in total. The highest BCUT2D eigenvalue weighted by molar-refractivity contribution is 6.04. The van der Waals surface area contributed by atoms with Crippen LogP contribution in [0.2, 0.25) is 0 Å². The SMILES string of the molecule is Cc1ccccc1C(=O)Nc1ccc(NCc2ccccn2)nn1. The molecule has 1 aromatic carbocycles. The first-order valence-corrected chi connectivity index (χ1v) is 7.57. The van der Waals surface area contributed by atoms with Crippen molar-refractivity contribution in [3.05, 3.63) is 77.6 Å². The highest BCUT2D eigenvalue weighted by atomic mass is 16.1. The molecule has 0 aliphatic carbocycles. The Morgan fingerprint density at radius 2 is 1.71 bits per heavy atom. The standard InChI is InChI=1S/C18H17N5O/c1-13-6-2-3-8-15(13)18(24)21-17-10-9-16(22-23-17)20-12-14-7-4-5-11-19-14/h2-11H,12H2,1H3,(H,20,22)(H,21,23,24). The first-order valence-electron chi connectivity index (χ1n) is 7.57. The van der Waals surface area contributed by atoms with Gasteiger partial charge in [-0.3, -0.25) is 9.78 Å². The van der Waals surface area contributed by atoms with E-state index in [-0.39, 0.29) is 5.91 Å². The number of anilines is 2. The molecule has 0 unspecified atom stereocenters. The zero-order chi connectivity index (χ0) is 16.8. The highest BCUT2D eigenvalue weighted by Crippen LogP contribution is 2.11. The number of hydrogen-bond donors (Lipinski definition) is 2. The summed E-state index contributed by atoms with van der Waals surface area (Å²) in [5, 5.41) is 14.0. The van der Waals surface area contributed by atoms with Gasteiger partial charge >= 0.3 is 0 Å². The number of nitrogens with zero attached hydrogens (tertiary/aromatic N) is 3. The third kappa shape index (κ3) is 3.92. The first-order chi connectivity index (χ1) is 11.7. The lowest BCUT2D eigenvalue weighted by Crippen LogP contribution is -2.15. The Bertz CT molecular complexity index is 818. The smallest absolute Gasteiger partial charge is 0.257 e. The summed E-state index contributed by atoms with van der Waals surface area (Å²) in [4.78, 5) is 16.5. The van der Waals surface area contributed by atoms with Gasteiger partial charge in [0, 0.05) is 11.8 Å². The molecule has 3 aromatic rings. The molecule has 0 bridgehead atoms. The van der Waals surface area contributed by atoms with E-state index >= 15 is 0 Å². The van der Waals surface area contributed by atoms with Gasteiger partial charge in [0.15, 0.2) is 5.82 Å². The van der Waals surface area contributed by atoms with Crippen molar-refractivity contribution in [2.75, 3.05) is 10.6 Å². The maximum atomic E-state index is 12.2. The fourth-order valence-corrected chi connectivity index (χ4v) is 2.19. The molecular weight excluding hydrogens is 302 g/mol. The molecule has 24 heavy (non-hydrogen) atoms. The lowest BCUT2D eigenvalue weighted by molar-refractivity contribution is 0.102. The molecule has 1 amide bonds. The lowest BCUT2D eigenvalue weighted by atomic mass is 10.1. The van der Waals surface area contributed by atoms with Gasteiger partial charge in [0.1, 0.15) is 5.82 Å². The van der Waals surface area contributed by atoms with Gasteiger partial charge in [0.2, 0.25) is 0 Å². The lowest BCUT2D eigenvalue weighted by Gasteiger charge is -2.08. The monoisotopic (exact) mass is 319 g/mol. The number of benzene rings is 1. The number of hydrogen-bond acceptors (Lipinski definition) is 5. The summed E-state index contributed by atoms with van der Waals surface area (Å²) in [6, 6.07) is 16.6. The van der Waals surface area contributed by atoms with Crippen LogP contribution >= 0.6 is 0 Å². The van der Waals surface area contributed by atoms with Crippen LogP contribution in [0.15, 0.2) is 60.8 Å². The predicted octanol–water partition coefficient (Wildman–Crippen LogP) is 3.04. The van der Waals surface area contributed by atoms with Crippen LogP contribution in [-0.2, 0) is 6.54 Å². The number of rotatable bonds is 5. The Kier molecular flexibility index (Phi) is 4.76. The normalized spacial score (nSPS) is 10.2. The van der Waals surface area contributed by atoms with Gasteiger partial charge in [0.25, 0.3) is 5.91 Å². The number of pyridine rings is 1. The number of carbonyl (C=O) groups excluding carboxylic acids is 1. The average Bonchev–Trinajstić information content (AvgIpc) is 2.62. The van der Waals surface area contributed by atoms with Gasteiger partial charge in [-0.15, -0.1) is 10.2 Å². The van der Waals surface area contributed by atoms with Crippen molar-refractivity contribution in [1.82, 2.24) is 15.2 Å². The molecule has 0 fully saturated rings. The molecule has 2 heterocycles. The molecule has 0 atom stereocenters. The third-order valence-corrected chi connectivity index (χ3v) is 3.47. The van der Waals surface area contributed by atoms with Crippen molar-refractivity contribution < 1.29 is 4.79 Å². The van der Waals surface area contributed by atoms with Crippen molar-refractivity contribution in [1.29, 1.82) is 0 Å². The maximum absolute atomic E-state index is 12.2. The van der Waals surface area contributed by atoms with E-state index in [9.17, 15) is 4.79 Å². The summed E-state index contributed by atoms with van der Waals surface area (Å²) in [5.41, 5.74) is 2.45. The van der Waals surface area contributed by atoms with Gasteiger partial charge in [-0.1, -0.05) is 24.3 Å². The number of aromatic nitrogens is 3. The van der Waals surface area contributed by atoms with Crippen LogP contribution in [0.3, 0.4) is 0 Å². The van der Waals surface area contributed by atoms with E-state index in [2.05, 4.69) is 25.8 Å². The van der Waals surface area contributed by atoms with Crippen molar-refractivity contribution >= 4 is 17.5 Å². The number of amides is 1. The fraction of sp³-hybridized carbons (Fsp3) is 0.111. The maximum Gasteiger partial charge on any atom is 0.257 e. The summed E-state index contributed by atoms with van der Waals surface area (Å²) in [7, 11) is 0. The molecule has 0 aliphatic rings. The van der Waals surface area contributed by atoms with Crippen molar-refractivity contribution in [2.45, 2.75) is 13.5 Å². The van der Waals surface area contributed by atoms with Crippen molar-refractivity contribution in [3.8, 4) is 0 Å². The first kappa shape index (κ1) is 15.6. The largest absolute Gasteiger partial charge is 0.363 e. The molecule has 120 valence electrons. The minimum atomic E-state index is -0.198. The summed E-state index contributed by atoms with van der Waals surface area (Å²) in [6.45, 7) is 2.45. The van der Waals surface area contributed by atoms with Gasteiger partial charge in [0.05, 0.1) is 12.2 Å². The van der Waals surface area contributed by atoms with Gasteiger partial charge in [-0.05, 0) is 42.8 Å². The van der Waals surface area contributed by atoms with Gasteiger partial charge in [-0.2, -0.15) is 0 Å². The van der Waals surface area contributed by atoms with Crippen molar-refractivity contribution in [2.24, 2.45) is 0 Å². The van der Waals surface area contributed by atoms with Gasteiger partial charge < -0.3 is 10.6 Å². The van der Waals surface area contributed by atoms with E-state index in [4.69, 9.17) is 0 Å². The molecule has 0 aliphatic heterocycles. The Morgan fingerprint density at radius 1 is 0.958 bits per heavy atom. The summed E-state index contributed by atoms with van der Waals surface area (Å²) in [5.74, 6) is 0.831. The van der Waals surface area contributed by atoms with Crippen LogP contribution < -0.4 is 10.6 Å². The van der Waals surface area contributed by atoms with Gasteiger partial charge in [-0.25, -0.2) is 0 Å². The third-order valence-electron chi connectivity index (χ3n) is 3.47. The van der Waals surface area contributed by atoms with Crippen LogP contribution in [0.1, 0.15) is 21.6 Å². The van der Waals surface area contributed by atoms with E-state index in [1.165, 1.54) is 0 Å². The zero-order valence-electron chi connectivity index (χ0n) is 13.2. The van der Waals surface area contributed by atoms with E-state index in [1.807, 2.05) is 43.3 Å².